The molecule has 1 rings (SSSR count). The topological polar surface area (TPSA) is 155 Å². The van der Waals surface area contributed by atoms with Crippen molar-refractivity contribution in [3.05, 3.63) is 35.4 Å². The second-order valence-corrected chi connectivity index (χ2v) is 13.7. The first-order valence-electron chi connectivity index (χ1n) is 17.3. The van der Waals surface area contributed by atoms with Gasteiger partial charge in [-0.2, -0.15) is 11.8 Å². The highest BCUT2D eigenvalue weighted by Gasteiger charge is 2.33. The van der Waals surface area contributed by atoms with Gasteiger partial charge < -0.3 is 35.8 Å². The monoisotopic (exact) mass is 696 g/mol. The molecule has 0 aliphatic heterocycles. The summed E-state index contributed by atoms with van der Waals surface area (Å²) < 4.78 is 10.3. The molecule has 1 aromatic rings. The zero-order valence-electron chi connectivity index (χ0n) is 31.2. The molecule has 0 spiro atoms. The van der Waals surface area contributed by atoms with Gasteiger partial charge >= 0.3 is 6.09 Å². The van der Waals surface area contributed by atoms with Crippen LogP contribution in [0.2, 0.25) is 0 Å². The Morgan fingerprint density at radius 1 is 0.938 bits per heavy atom. The van der Waals surface area contributed by atoms with Crippen molar-refractivity contribution in [2.45, 2.75) is 125 Å². The van der Waals surface area contributed by atoms with Crippen molar-refractivity contribution in [3.63, 3.8) is 0 Å². The summed E-state index contributed by atoms with van der Waals surface area (Å²) in [5.41, 5.74) is 2.07. The van der Waals surface area contributed by atoms with Crippen molar-refractivity contribution in [2.75, 3.05) is 25.7 Å². The Morgan fingerprint density at radius 2 is 1.60 bits per heavy atom. The molecule has 0 aromatic heterocycles. The van der Waals surface area contributed by atoms with E-state index < -0.39 is 48.3 Å². The summed E-state index contributed by atoms with van der Waals surface area (Å²) in [6.07, 6.45) is 1.32. The number of carbonyl (C=O) groups excluding carboxylic acids is 4. The van der Waals surface area contributed by atoms with Crippen molar-refractivity contribution in [1.82, 2.24) is 21.3 Å². The Morgan fingerprint density at radius 3 is 2.15 bits per heavy atom. The highest BCUT2D eigenvalue weighted by molar-refractivity contribution is 7.98. The fourth-order valence-electron chi connectivity index (χ4n) is 5.17. The van der Waals surface area contributed by atoms with Gasteiger partial charge in [-0.1, -0.05) is 84.7 Å². The molecule has 0 aliphatic rings. The van der Waals surface area contributed by atoms with E-state index in [9.17, 15) is 24.3 Å². The van der Waals surface area contributed by atoms with Crippen molar-refractivity contribution in [1.29, 1.82) is 0 Å². The minimum Gasteiger partial charge on any atom is -0.444 e. The lowest BCUT2D eigenvalue weighted by molar-refractivity contribution is -0.133. The van der Waals surface area contributed by atoms with Crippen LogP contribution >= 0.6 is 11.8 Å². The van der Waals surface area contributed by atoms with Gasteiger partial charge in [-0.3, -0.25) is 14.4 Å². The highest BCUT2D eigenvalue weighted by Crippen LogP contribution is 2.20. The smallest absolute Gasteiger partial charge is 0.408 e. The molecule has 12 heteroatoms. The van der Waals surface area contributed by atoms with E-state index in [1.165, 1.54) is 18.9 Å². The summed E-state index contributed by atoms with van der Waals surface area (Å²) in [7, 11) is 1.50. The van der Waals surface area contributed by atoms with Gasteiger partial charge in [-0.15, -0.1) is 0 Å². The van der Waals surface area contributed by atoms with E-state index in [2.05, 4.69) is 21.3 Å². The van der Waals surface area contributed by atoms with Gasteiger partial charge in [0.2, 0.25) is 17.7 Å². The van der Waals surface area contributed by atoms with Crippen molar-refractivity contribution in [3.8, 4) is 0 Å². The summed E-state index contributed by atoms with van der Waals surface area (Å²) >= 11 is 1.39. The number of aliphatic hydroxyl groups is 1. The Bertz CT molecular complexity index is 1090. The Balaban J connectivity index is 0.0000108. The highest BCUT2D eigenvalue weighted by atomic mass is 32.2. The van der Waals surface area contributed by atoms with E-state index in [0.29, 0.717) is 31.6 Å². The number of rotatable bonds is 21. The molecule has 0 saturated heterocycles. The molecule has 6 atom stereocenters. The summed E-state index contributed by atoms with van der Waals surface area (Å²) in [5, 5.41) is 22.8. The number of nitrogens with one attached hydrogen (secondary N) is 4. The number of aryl methyl sites for hydroxylation is 1. The maximum absolute atomic E-state index is 13.6. The molecule has 0 aliphatic carbocycles. The van der Waals surface area contributed by atoms with Crippen LogP contribution in [-0.2, 0) is 30.4 Å². The Kier molecular flexibility index (Phi) is 23.7. The van der Waals surface area contributed by atoms with Crippen LogP contribution < -0.4 is 21.3 Å². The van der Waals surface area contributed by atoms with Gasteiger partial charge in [0.05, 0.1) is 18.8 Å². The first-order valence-corrected chi connectivity index (χ1v) is 18.7. The maximum Gasteiger partial charge on any atom is 0.408 e. The second kappa shape index (κ2) is 25.2. The molecule has 5 N–H and O–H groups in total. The van der Waals surface area contributed by atoms with E-state index in [1.807, 2.05) is 85.9 Å². The van der Waals surface area contributed by atoms with Crippen LogP contribution in [-0.4, -0.2) is 85.0 Å². The van der Waals surface area contributed by atoms with E-state index in [4.69, 9.17) is 9.47 Å². The van der Waals surface area contributed by atoms with E-state index in [-0.39, 0.29) is 36.7 Å². The van der Waals surface area contributed by atoms with E-state index in [1.54, 1.807) is 6.92 Å². The fourth-order valence-corrected chi connectivity index (χ4v) is 5.74. The van der Waals surface area contributed by atoms with Gasteiger partial charge in [0.1, 0.15) is 18.2 Å². The summed E-state index contributed by atoms with van der Waals surface area (Å²) in [6.45, 7) is 17.9. The van der Waals surface area contributed by atoms with Gasteiger partial charge in [-0.05, 0) is 56.8 Å². The third-order valence-electron chi connectivity index (χ3n) is 7.50. The van der Waals surface area contributed by atoms with Crippen LogP contribution in [0.25, 0.3) is 0 Å². The SMILES string of the molecule is CC.CCC[C@H](C[C@H](O)[C@H](CC(C)C)NC(=O)[C@H](CSC)NC(=O)O[C@@H](C)COC)C(=O)N[C@H](C(=O)NCc1cccc(C)c1)C(C)C. The molecular formula is C36H64N4O7S. The van der Waals surface area contributed by atoms with Gasteiger partial charge in [0, 0.05) is 25.3 Å². The second-order valence-electron chi connectivity index (χ2n) is 12.8. The molecule has 276 valence electrons. The molecule has 11 nitrogen and oxygen atoms in total. The molecule has 0 unspecified atom stereocenters. The van der Waals surface area contributed by atoms with Gasteiger partial charge in [0.15, 0.2) is 0 Å². The summed E-state index contributed by atoms with van der Waals surface area (Å²) in [5.74, 6) is -1.33. The number of aliphatic hydroxyl groups excluding tert-OH is 1. The first kappa shape index (κ1) is 45.2. The average Bonchev–Trinajstić information content (AvgIpc) is 3.02. The summed E-state index contributed by atoms with van der Waals surface area (Å²) in [4.78, 5) is 52.5. The Hall–Kier alpha value is -2.83. The largest absolute Gasteiger partial charge is 0.444 e. The first-order chi connectivity index (χ1) is 22.7. The van der Waals surface area contributed by atoms with Gasteiger partial charge in [0.25, 0.3) is 0 Å². The summed E-state index contributed by atoms with van der Waals surface area (Å²) in [6, 6.07) is 5.57. The zero-order valence-corrected chi connectivity index (χ0v) is 32.0. The zero-order chi connectivity index (χ0) is 36.8. The standard InChI is InChI=1S/C34H58N4O7S.C2H6/c1-10-12-26(31(40)38-30(22(4)5)33(42)35-18-25-14-11-13-23(6)16-25)17-29(39)27(15-21(2)3)36-32(41)28(20-46-9)37-34(43)45-24(7)19-44-8;1-2/h11,13-14,16,21-22,24,26-30,39H,10,12,15,17-20H2,1-9H3,(H,35,42)(H,36,41)(H,37,43)(H,38,40);1-2H3/t24-,26+,27-,28-,29-,30-;/m0./s1. The Labute approximate surface area is 293 Å². The fraction of sp³-hybridized carbons (Fsp3) is 0.722. The molecule has 0 saturated carbocycles. The third-order valence-corrected chi connectivity index (χ3v) is 8.17. The average molecular weight is 697 g/mol. The molecular weight excluding hydrogens is 632 g/mol. The number of ether oxygens (including phenoxy) is 2. The number of thioether (sulfide) groups is 1. The number of alkyl carbamates (subject to hydrolysis) is 1. The molecule has 0 radical (unpaired) electrons. The predicted molar refractivity (Wildman–Crippen MR) is 195 cm³/mol. The van der Waals surface area contributed by atoms with Crippen LogP contribution in [0.5, 0.6) is 0 Å². The van der Waals surface area contributed by atoms with Crippen LogP contribution in [0, 0.1) is 24.7 Å². The lowest BCUT2D eigenvalue weighted by atomic mass is 9.88. The predicted octanol–water partition coefficient (Wildman–Crippen LogP) is 4.97. The minimum atomic E-state index is -1.04. The molecule has 1 aromatic carbocycles. The normalized spacial score (nSPS) is 14.8. The van der Waals surface area contributed by atoms with Crippen molar-refractivity contribution >= 4 is 35.6 Å². The van der Waals surface area contributed by atoms with Gasteiger partial charge in [-0.25, -0.2) is 4.79 Å². The van der Waals surface area contributed by atoms with Crippen LogP contribution in [0.15, 0.2) is 24.3 Å². The molecule has 0 heterocycles. The molecule has 4 amide bonds. The van der Waals surface area contributed by atoms with E-state index >= 15 is 0 Å². The lowest BCUT2D eigenvalue weighted by Crippen LogP contribution is -2.55. The third kappa shape index (κ3) is 18.1. The molecule has 0 bridgehead atoms. The number of hydrogen-bond donors (Lipinski definition) is 5. The van der Waals surface area contributed by atoms with Crippen molar-refractivity contribution < 1.29 is 33.8 Å². The van der Waals surface area contributed by atoms with Crippen LogP contribution in [0.1, 0.15) is 92.2 Å². The quantitative estimate of drug-likeness (QED) is 0.121. The van der Waals surface area contributed by atoms with Crippen LogP contribution in [0.3, 0.4) is 0 Å². The minimum absolute atomic E-state index is 0.101. The number of hydrogen-bond acceptors (Lipinski definition) is 8. The number of carbonyl (C=O) groups is 4. The van der Waals surface area contributed by atoms with E-state index in [0.717, 1.165) is 11.1 Å². The number of benzene rings is 1. The number of amides is 4. The van der Waals surface area contributed by atoms with Crippen molar-refractivity contribution in [2.24, 2.45) is 17.8 Å². The lowest BCUT2D eigenvalue weighted by Gasteiger charge is -2.31. The molecule has 48 heavy (non-hydrogen) atoms. The van der Waals surface area contributed by atoms with Crippen LogP contribution in [0.4, 0.5) is 4.79 Å². The maximum atomic E-state index is 13.6. The molecule has 0 fully saturated rings. The number of methoxy groups -OCH3 is 1.